The number of carbonyl (C=O) groups is 2. The summed E-state index contributed by atoms with van der Waals surface area (Å²) in [7, 11) is 0. The molecule has 0 saturated carbocycles. The normalized spacial score (nSPS) is 16.9. The molecule has 1 aliphatic rings. The summed E-state index contributed by atoms with van der Waals surface area (Å²) in [6, 6.07) is 7.10. The van der Waals surface area contributed by atoms with Crippen molar-refractivity contribution in [3.05, 3.63) is 34.9 Å². The summed E-state index contributed by atoms with van der Waals surface area (Å²) >= 11 is 6.41. The number of nitrogens with one attached hydrogen (secondary N) is 2. The van der Waals surface area contributed by atoms with Gasteiger partial charge in [-0.1, -0.05) is 43.6 Å². The van der Waals surface area contributed by atoms with Gasteiger partial charge in [-0.15, -0.1) is 12.4 Å². The zero-order valence-corrected chi connectivity index (χ0v) is 17.4. The van der Waals surface area contributed by atoms with Gasteiger partial charge < -0.3 is 21.1 Å². The van der Waals surface area contributed by atoms with E-state index in [0.717, 1.165) is 18.4 Å². The number of hydrogen-bond acceptors (Lipinski definition) is 4. The molecule has 6 nitrogen and oxygen atoms in total. The first kappa shape index (κ1) is 23.7. The van der Waals surface area contributed by atoms with E-state index in [-0.39, 0.29) is 42.1 Å². The number of benzene rings is 1. The minimum absolute atomic E-state index is 0. The molecule has 1 saturated heterocycles. The van der Waals surface area contributed by atoms with Crippen LogP contribution in [0, 0.1) is 5.92 Å². The minimum Gasteiger partial charge on any atom is -0.381 e. The second kappa shape index (κ2) is 10.9. The molecule has 0 aromatic heterocycles. The van der Waals surface area contributed by atoms with Crippen LogP contribution in [0.5, 0.6) is 0 Å². The lowest BCUT2D eigenvalue weighted by molar-refractivity contribution is -0.127. The molecule has 0 unspecified atom stereocenters. The van der Waals surface area contributed by atoms with Gasteiger partial charge in [0.1, 0.15) is 0 Å². The van der Waals surface area contributed by atoms with E-state index in [1.807, 2.05) is 38.1 Å². The maximum atomic E-state index is 12.2. The van der Waals surface area contributed by atoms with E-state index in [2.05, 4.69) is 10.6 Å². The molecule has 0 radical (unpaired) electrons. The van der Waals surface area contributed by atoms with Crippen LogP contribution in [0.1, 0.15) is 32.3 Å². The lowest BCUT2D eigenvalue weighted by Crippen LogP contribution is -2.49. The highest BCUT2D eigenvalue weighted by molar-refractivity contribution is 6.31. The van der Waals surface area contributed by atoms with Gasteiger partial charge in [-0.2, -0.15) is 0 Å². The first-order chi connectivity index (χ1) is 12.4. The zero-order chi connectivity index (χ0) is 19.2. The number of halogens is 2. The third kappa shape index (κ3) is 6.35. The molecule has 8 heteroatoms. The summed E-state index contributed by atoms with van der Waals surface area (Å²) < 4.78 is 5.49. The maximum Gasteiger partial charge on any atom is 0.239 e. The molecule has 1 aromatic carbocycles. The van der Waals surface area contributed by atoms with E-state index in [4.69, 9.17) is 22.1 Å². The highest BCUT2D eigenvalue weighted by Crippen LogP contribution is 2.38. The van der Waals surface area contributed by atoms with Crippen molar-refractivity contribution in [1.82, 2.24) is 10.6 Å². The fraction of sp³-hybridized carbons (Fsp3) is 0.579. The number of carbonyl (C=O) groups excluding carboxylic acids is 2. The fourth-order valence-corrected chi connectivity index (χ4v) is 3.45. The second-order valence-corrected chi connectivity index (χ2v) is 7.54. The quantitative estimate of drug-likeness (QED) is 0.632. The molecule has 0 spiro atoms. The average molecular weight is 418 g/mol. The van der Waals surface area contributed by atoms with Gasteiger partial charge >= 0.3 is 0 Å². The topological polar surface area (TPSA) is 93.5 Å². The Labute approximate surface area is 172 Å². The Bertz CT molecular complexity index is 634. The van der Waals surface area contributed by atoms with Gasteiger partial charge in [-0.25, -0.2) is 0 Å². The number of rotatable bonds is 7. The van der Waals surface area contributed by atoms with Crippen LogP contribution in [0.25, 0.3) is 0 Å². The number of ether oxygens (including phenoxy) is 1. The highest BCUT2D eigenvalue weighted by atomic mass is 35.5. The van der Waals surface area contributed by atoms with Crippen LogP contribution in [0.4, 0.5) is 0 Å². The molecule has 1 heterocycles. The lowest BCUT2D eigenvalue weighted by Gasteiger charge is -2.38. The predicted molar refractivity (Wildman–Crippen MR) is 109 cm³/mol. The highest BCUT2D eigenvalue weighted by Gasteiger charge is 2.36. The summed E-state index contributed by atoms with van der Waals surface area (Å²) in [5.41, 5.74) is 6.54. The second-order valence-electron chi connectivity index (χ2n) is 7.14. The van der Waals surface area contributed by atoms with Crippen molar-refractivity contribution in [3.8, 4) is 0 Å². The zero-order valence-electron chi connectivity index (χ0n) is 15.8. The van der Waals surface area contributed by atoms with Gasteiger partial charge in [-0.05, 0) is 30.4 Å². The Hall–Kier alpha value is -1.34. The van der Waals surface area contributed by atoms with Crippen LogP contribution < -0.4 is 16.4 Å². The number of hydrogen-bond donors (Lipinski definition) is 3. The smallest absolute Gasteiger partial charge is 0.239 e. The molecular weight excluding hydrogens is 389 g/mol. The van der Waals surface area contributed by atoms with E-state index in [1.165, 1.54) is 0 Å². The molecule has 1 atom stereocenters. The van der Waals surface area contributed by atoms with Crippen molar-refractivity contribution in [3.63, 3.8) is 0 Å². The molecule has 27 heavy (non-hydrogen) atoms. The molecule has 2 rings (SSSR count). The van der Waals surface area contributed by atoms with Crippen molar-refractivity contribution in [2.75, 3.05) is 26.3 Å². The fourth-order valence-electron chi connectivity index (χ4n) is 3.11. The molecule has 4 N–H and O–H groups in total. The molecule has 2 amide bonds. The first-order valence-electron chi connectivity index (χ1n) is 8.98. The Morgan fingerprint density at radius 2 is 1.85 bits per heavy atom. The Morgan fingerprint density at radius 1 is 1.22 bits per heavy atom. The van der Waals surface area contributed by atoms with Gasteiger partial charge in [0.05, 0.1) is 12.6 Å². The first-order valence-corrected chi connectivity index (χ1v) is 9.36. The van der Waals surface area contributed by atoms with Crippen molar-refractivity contribution < 1.29 is 14.3 Å². The summed E-state index contributed by atoms with van der Waals surface area (Å²) in [5, 5.41) is 6.22. The standard InChI is InChI=1S/C19H28ClN3O3.ClH/c1-13(2)17(21)18(25)22-11-16(24)23-12-19(7-9-26-10-8-19)14-5-3-4-6-15(14)20;/h3-6,13,17H,7-12,21H2,1-2H3,(H,22,25)(H,23,24);1H/t17-;/m0./s1. The van der Waals surface area contributed by atoms with Gasteiger partial charge in [0.15, 0.2) is 0 Å². The Morgan fingerprint density at radius 3 is 2.44 bits per heavy atom. The van der Waals surface area contributed by atoms with Crippen molar-refractivity contribution in [2.45, 2.75) is 38.1 Å². The Balaban J connectivity index is 0.00000364. The average Bonchev–Trinajstić information content (AvgIpc) is 2.64. The molecule has 1 fully saturated rings. The number of amides is 2. The third-order valence-electron chi connectivity index (χ3n) is 4.96. The van der Waals surface area contributed by atoms with Crippen LogP contribution in [-0.2, 0) is 19.7 Å². The summed E-state index contributed by atoms with van der Waals surface area (Å²) in [6.45, 7) is 5.34. The summed E-state index contributed by atoms with van der Waals surface area (Å²) in [5.74, 6) is -0.543. The van der Waals surface area contributed by atoms with Crippen LogP contribution in [0.3, 0.4) is 0 Å². The number of nitrogens with two attached hydrogens (primary N) is 1. The monoisotopic (exact) mass is 417 g/mol. The summed E-state index contributed by atoms with van der Waals surface area (Å²) in [4.78, 5) is 24.1. The van der Waals surface area contributed by atoms with Crippen LogP contribution in [0.15, 0.2) is 24.3 Å². The molecule has 0 aliphatic carbocycles. The Kier molecular flexibility index (Phi) is 9.53. The molecule has 0 bridgehead atoms. The third-order valence-corrected chi connectivity index (χ3v) is 5.29. The molecular formula is C19H29Cl2N3O3. The van der Waals surface area contributed by atoms with E-state index < -0.39 is 6.04 Å². The molecule has 152 valence electrons. The van der Waals surface area contributed by atoms with Crippen LogP contribution in [0.2, 0.25) is 5.02 Å². The predicted octanol–water partition coefficient (Wildman–Crippen LogP) is 2.03. The van der Waals surface area contributed by atoms with Gasteiger partial charge in [-0.3, -0.25) is 9.59 Å². The molecule has 1 aliphatic heterocycles. The van der Waals surface area contributed by atoms with E-state index in [1.54, 1.807) is 0 Å². The van der Waals surface area contributed by atoms with Crippen molar-refractivity contribution in [2.24, 2.45) is 11.7 Å². The van der Waals surface area contributed by atoms with Gasteiger partial charge in [0.25, 0.3) is 0 Å². The molecule has 1 aromatic rings. The minimum atomic E-state index is -0.618. The van der Waals surface area contributed by atoms with Crippen molar-refractivity contribution >= 4 is 35.8 Å². The van der Waals surface area contributed by atoms with Crippen molar-refractivity contribution in [1.29, 1.82) is 0 Å². The summed E-state index contributed by atoms with van der Waals surface area (Å²) in [6.07, 6.45) is 1.56. The van der Waals surface area contributed by atoms with Crippen LogP contribution >= 0.6 is 24.0 Å². The maximum absolute atomic E-state index is 12.2. The largest absolute Gasteiger partial charge is 0.381 e. The van der Waals surface area contributed by atoms with Gasteiger partial charge in [0, 0.05) is 30.2 Å². The van der Waals surface area contributed by atoms with E-state index >= 15 is 0 Å². The van der Waals surface area contributed by atoms with Crippen LogP contribution in [-0.4, -0.2) is 44.2 Å². The van der Waals surface area contributed by atoms with Gasteiger partial charge in [0.2, 0.25) is 11.8 Å². The lowest BCUT2D eigenvalue weighted by atomic mass is 9.74. The van der Waals surface area contributed by atoms with E-state index in [0.29, 0.717) is 24.8 Å². The van der Waals surface area contributed by atoms with E-state index in [9.17, 15) is 9.59 Å². The SMILES string of the molecule is CC(C)[C@H](N)C(=O)NCC(=O)NCC1(c2ccccc2Cl)CCOCC1.Cl.